The maximum Gasteiger partial charge on any atom is 0.338 e. The van der Waals surface area contributed by atoms with Crippen LogP contribution in [0.4, 0.5) is 0 Å². The smallest absolute Gasteiger partial charge is 0.338 e. The highest BCUT2D eigenvalue weighted by Crippen LogP contribution is 2.18. The van der Waals surface area contributed by atoms with Gasteiger partial charge in [-0.15, -0.1) is 0 Å². The summed E-state index contributed by atoms with van der Waals surface area (Å²) in [5.74, 6) is -0.761. The van der Waals surface area contributed by atoms with Crippen molar-refractivity contribution in [3.05, 3.63) is 47.3 Å². The summed E-state index contributed by atoms with van der Waals surface area (Å²) in [7, 11) is 0. The van der Waals surface area contributed by atoms with Crippen LogP contribution < -0.4 is 5.32 Å². The van der Waals surface area contributed by atoms with Crippen molar-refractivity contribution in [1.82, 2.24) is 20.0 Å². The van der Waals surface area contributed by atoms with Crippen molar-refractivity contribution in [2.24, 2.45) is 0 Å². The van der Waals surface area contributed by atoms with Gasteiger partial charge in [-0.1, -0.05) is 24.0 Å². The van der Waals surface area contributed by atoms with Crippen molar-refractivity contribution in [2.75, 3.05) is 25.4 Å². The molecule has 0 radical (unpaired) electrons. The number of carbonyl (C=O) groups excluding carboxylic acids is 3. The van der Waals surface area contributed by atoms with Crippen LogP contribution in [0.3, 0.4) is 0 Å². The lowest BCUT2D eigenvalue weighted by Gasteiger charge is -2.15. The average Bonchev–Trinajstić information content (AvgIpc) is 3.21. The van der Waals surface area contributed by atoms with Crippen molar-refractivity contribution in [2.45, 2.75) is 13.8 Å². The molecule has 2 amide bonds. The Morgan fingerprint density at radius 3 is 2.59 bits per heavy atom. The zero-order valence-corrected chi connectivity index (χ0v) is 17.6. The summed E-state index contributed by atoms with van der Waals surface area (Å²) in [5, 5.41) is 7.00. The number of nitrogens with zero attached hydrogens (tertiary/aromatic N) is 3. The first-order valence-electron chi connectivity index (χ1n) is 8.90. The Morgan fingerprint density at radius 2 is 2.00 bits per heavy atom. The van der Waals surface area contributed by atoms with E-state index in [4.69, 9.17) is 17.0 Å². The quantitative estimate of drug-likeness (QED) is 0.525. The number of amides is 2. The van der Waals surface area contributed by atoms with Crippen LogP contribution in [0.2, 0.25) is 0 Å². The number of nitrogens with one attached hydrogen (secondary N) is 1. The van der Waals surface area contributed by atoms with Crippen LogP contribution in [0.15, 0.2) is 30.3 Å². The number of hydrogen-bond donors (Lipinski definition) is 1. The molecule has 29 heavy (non-hydrogen) atoms. The molecular weight excluding hydrogens is 412 g/mol. The fourth-order valence-electron chi connectivity index (χ4n) is 2.80. The molecule has 0 unspecified atom stereocenters. The number of aromatic nitrogens is 2. The third-order valence-electron chi connectivity index (χ3n) is 4.19. The normalized spacial score (nSPS) is 13.7. The summed E-state index contributed by atoms with van der Waals surface area (Å²) in [6.07, 6.45) is 0. The number of aryl methyl sites for hydroxylation is 2. The first kappa shape index (κ1) is 21.0. The zero-order valence-electron chi connectivity index (χ0n) is 16.0. The number of esters is 1. The van der Waals surface area contributed by atoms with Crippen molar-refractivity contribution in [3.63, 3.8) is 0 Å². The molecule has 1 aliphatic heterocycles. The molecule has 1 saturated heterocycles. The van der Waals surface area contributed by atoms with Crippen molar-refractivity contribution < 1.29 is 19.1 Å². The number of thiocarbonyl (C=S) groups is 1. The number of ether oxygens (including phenoxy) is 1. The van der Waals surface area contributed by atoms with Gasteiger partial charge in [0, 0.05) is 18.8 Å². The predicted molar refractivity (Wildman–Crippen MR) is 113 cm³/mol. The maximum absolute atomic E-state index is 12.1. The highest BCUT2D eigenvalue weighted by Gasteiger charge is 2.26. The summed E-state index contributed by atoms with van der Waals surface area (Å²) in [5.41, 5.74) is 3.07. The Kier molecular flexibility index (Phi) is 6.65. The lowest BCUT2D eigenvalue weighted by Crippen LogP contribution is -2.38. The summed E-state index contributed by atoms with van der Waals surface area (Å²) in [6.45, 7) is 4.01. The van der Waals surface area contributed by atoms with Crippen LogP contribution in [-0.2, 0) is 14.3 Å². The Morgan fingerprint density at radius 1 is 1.28 bits per heavy atom. The van der Waals surface area contributed by atoms with E-state index < -0.39 is 18.5 Å². The molecule has 1 aromatic carbocycles. The van der Waals surface area contributed by atoms with E-state index in [1.54, 1.807) is 28.9 Å². The van der Waals surface area contributed by atoms with Crippen molar-refractivity contribution in [3.8, 4) is 5.69 Å². The predicted octanol–water partition coefficient (Wildman–Crippen LogP) is 1.62. The summed E-state index contributed by atoms with van der Waals surface area (Å²) >= 11 is 6.37. The molecule has 0 spiro atoms. The summed E-state index contributed by atoms with van der Waals surface area (Å²) in [4.78, 5) is 37.0. The summed E-state index contributed by atoms with van der Waals surface area (Å²) < 4.78 is 7.34. The highest BCUT2D eigenvalue weighted by molar-refractivity contribution is 8.23. The van der Waals surface area contributed by atoms with E-state index in [9.17, 15) is 14.4 Å². The number of hydrogen-bond acceptors (Lipinski definition) is 7. The van der Waals surface area contributed by atoms with Gasteiger partial charge >= 0.3 is 5.97 Å². The fraction of sp³-hybridized carbons (Fsp3) is 0.316. The first-order chi connectivity index (χ1) is 13.8. The van der Waals surface area contributed by atoms with Gasteiger partial charge in [0.1, 0.15) is 4.32 Å². The van der Waals surface area contributed by atoms with Crippen LogP contribution in [0.5, 0.6) is 0 Å². The van der Waals surface area contributed by atoms with Gasteiger partial charge < -0.3 is 10.1 Å². The molecule has 0 atom stereocenters. The zero-order chi connectivity index (χ0) is 21.0. The van der Waals surface area contributed by atoms with Gasteiger partial charge in [0.2, 0.25) is 5.91 Å². The van der Waals surface area contributed by atoms with Gasteiger partial charge in [0.05, 0.1) is 22.7 Å². The minimum atomic E-state index is -0.590. The van der Waals surface area contributed by atoms with Crippen LogP contribution in [0.25, 0.3) is 5.69 Å². The maximum atomic E-state index is 12.1. The van der Waals surface area contributed by atoms with Crippen LogP contribution >= 0.6 is 24.0 Å². The highest BCUT2D eigenvalue weighted by atomic mass is 32.2. The van der Waals surface area contributed by atoms with E-state index in [1.165, 1.54) is 16.7 Å². The van der Waals surface area contributed by atoms with Gasteiger partial charge in [-0.2, -0.15) is 5.10 Å². The Balaban J connectivity index is 1.45. The third kappa shape index (κ3) is 5.21. The Hall–Kier alpha value is -2.72. The molecule has 8 nitrogen and oxygen atoms in total. The Labute approximate surface area is 177 Å². The topological polar surface area (TPSA) is 93.5 Å². The second-order valence-corrected chi connectivity index (χ2v) is 8.02. The van der Waals surface area contributed by atoms with E-state index in [0.29, 0.717) is 22.2 Å². The molecule has 1 aromatic heterocycles. The molecule has 10 heteroatoms. The lowest BCUT2D eigenvalue weighted by molar-refractivity contribution is -0.126. The Bertz CT molecular complexity index is 940. The minimum Gasteiger partial charge on any atom is -0.452 e. The van der Waals surface area contributed by atoms with Crippen molar-refractivity contribution >= 4 is 46.1 Å². The van der Waals surface area contributed by atoms with E-state index in [1.807, 2.05) is 19.9 Å². The number of rotatable bonds is 7. The molecule has 0 aliphatic carbocycles. The van der Waals surface area contributed by atoms with E-state index in [-0.39, 0.29) is 12.5 Å². The largest absolute Gasteiger partial charge is 0.452 e. The number of thioether (sulfide) groups is 1. The average molecular weight is 433 g/mol. The molecule has 152 valence electrons. The van der Waals surface area contributed by atoms with Crippen LogP contribution in [0, 0.1) is 13.8 Å². The van der Waals surface area contributed by atoms with E-state index in [2.05, 4.69) is 10.4 Å². The molecule has 0 bridgehead atoms. The standard InChI is InChI=1S/C19H20N4O4S2/c1-12-9-13(2)23(21-12)15-5-3-14(4-6-15)18(26)27-10-16(24)20-7-8-22-17(25)11-29-19(22)28/h3-6,9H,7-8,10-11H2,1-2H3,(H,20,24). The van der Waals surface area contributed by atoms with Crippen molar-refractivity contribution in [1.29, 1.82) is 0 Å². The third-order valence-corrected chi connectivity index (χ3v) is 5.62. The molecule has 1 N–H and O–H groups in total. The van der Waals surface area contributed by atoms with Crippen LogP contribution in [-0.4, -0.2) is 62.2 Å². The number of benzene rings is 1. The molecule has 1 aliphatic rings. The number of carbonyl (C=O) groups is 3. The van der Waals surface area contributed by atoms with Gasteiger partial charge in [0.25, 0.3) is 5.91 Å². The monoisotopic (exact) mass is 432 g/mol. The fourth-order valence-corrected chi connectivity index (χ4v) is 3.92. The molecule has 1 fully saturated rings. The van der Waals surface area contributed by atoms with E-state index in [0.717, 1.165) is 17.1 Å². The molecular formula is C19H20N4O4S2. The second-order valence-electron chi connectivity index (χ2n) is 6.41. The van der Waals surface area contributed by atoms with Crippen LogP contribution in [0.1, 0.15) is 21.7 Å². The molecule has 0 saturated carbocycles. The molecule has 3 rings (SSSR count). The second kappa shape index (κ2) is 9.19. The van der Waals surface area contributed by atoms with Gasteiger partial charge in [-0.3, -0.25) is 14.5 Å². The summed E-state index contributed by atoms with van der Waals surface area (Å²) in [6, 6.07) is 8.76. The van der Waals surface area contributed by atoms with Gasteiger partial charge in [-0.25, -0.2) is 9.48 Å². The molecule has 2 heterocycles. The van der Waals surface area contributed by atoms with Gasteiger partial charge in [0.15, 0.2) is 6.61 Å². The SMILES string of the molecule is Cc1cc(C)n(-c2ccc(C(=O)OCC(=O)NCCN3C(=O)CSC3=S)cc2)n1. The first-order valence-corrected chi connectivity index (χ1v) is 10.3. The van der Waals surface area contributed by atoms with E-state index >= 15 is 0 Å². The lowest BCUT2D eigenvalue weighted by atomic mass is 10.2. The molecule has 2 aromatic rings. The van der Waals surface area contributed by atoms with Gasteiger partial charge in [-0.05, 0) is 44.2 Å². The minimum absolute atomic E-state index is 0.0652.